The number of rotatable bonds is 7. The summed E-state index contributed by atoms with van der Waals surface area (Å²) in [6.45, 7) is 10.9. The van der Waals surface area contributed by atoms with E-state index in [0.717, 1.165) is 54.5 Å². The van der Waals surface area contributed by atoms with E-state index >= 15 is 0 Å². The number of anilines is 1. The second kappa shape index (κ2) is 12.5. The number of amides is 1. The Morgan fingerprint density at radius 2 is 1.71 bits per heavy atom. The van der Waals surface area contributed by atoms with Gasteiger partial charge in [-0.3, -0.25) is 10.3 Å². The first kappa shape index (κ1) is 26.7. The third-order valence-electron chi connectivity index (χ3n) is 4.38. The third-order valence-corrected chi connectivity index (χ3v) is 4.38. The predicted molar refractivity (Wildman–Crippen MR) is 134 cm³/mol. The van der Waals surface area contributed by atoms with E-state index in [-0.39, 0.29) is 24.0 Å². The number of halogens is 1. The van der Waals surface area contributed by atoms with Crippen molar-refractivity contribution in [2.45, 2.75) is 53.1 Å². The second-order valence-electron chi connectivity index (χ2n) is 8.05. The molecule has 172 valence electrons. The van der Waals surface area contributed by atoms with E-state index in [1.165, 1.54) is 0 Å². The average Bonchev–Trinajstić information content (AvgIpc) is 2.98. The van der Waals surface area contributed by atoms with E-state index in [0.29, 0.717) is 5.69 Å². The Morgan fingerprint density at radius 1 is 1.10 bits per heavy atom. The molecule has 8 nitrogen and oxygen atoms in total. The van der Waals surface area contributed by atoms with Gasteiger partial charge in [-0.1, -0.05) is 17.3 Å². The molecule has 9 heteroatoms. The lowest BCUT2D eigenvalue weighted by molar-refractivity contribution is 0.0636. The number of carbonyl (C=O) groups is 1. The van der Waals surface area contributed by atoms with E-state index in [1.54, 1.807) is 7.05 Å². The summed E-state index contributed by atoms with van der Waals surface area (Å²) in [4.78, 5) is 16.1. The summed E-state index contributed by atoms with van der Waals surface area (Å²) in [7, 11) is 1.75. The third kappa shape index (κ3) is 9.58. The van der Waals surface area contributed by atoms with E-state index in [1.807, 2.05) is 58.9 Å². The molecular formula is C22H34IN5O3. The molecule has 1 amide bonds. The number of nitrogens with zero attached hydrogens (tertiary/aromatic N) is 2. The van der Waals surface area contributed by atoms with Crippen LogP contribution in [0.1, 0.15) is 43.4 Å². The zero-order valence-corrected chi connectivity index (χ0v) is 21.5. The van der Waals surface area contributed by atoms with Gasteiger partial charge in [0.25, 0.3) is 0 Å². The molecular weight excluding hydrogens is 509 g/mol. The van der Waals surface area contributed by atoms with Crippen molar-refractivity contribution < 1.29 is 14.1 Å². The zero-order chi connectivity index (χ0) is 22.1. The fraction of sp³-hybridized carbons (Fsp3) is 0.500. The van der Waals surface area contributed by atoms with Gasteiger partial charge in [0.2, 0.25) is 0 Å². The Bertz CT molecular complexity index is 838. The minimum Gasteiger partial charge on any atom is -0.444 e. The number of aliphatic imine (C=N–C) groups is 1. The lowest BCUT2D eigenvalue weighted by Gasteiger charge is -2.19. The van der Waals surface area contributed by atoms with Crippen LogP contribution < -0.4 is 16.0 Å². The van der Waals surface area contributed by atoms with Gasteiger partial charge in [0.05, 0.1) is 5.69 Å². The van der Waals surface area contributed by atoms with Gasteiger partial charge in [-0.25, -0.2) is 4.79 Å². The second-order valence-corrected chi connectivity index (χ2v) is 8.05. The van der Waals surface area contributed by atoms with Crippen LogP contribution in [0, 0.1) is 13.8 Å². The first-order valence-corrected chi connectivity index (χ1v) is 10.1. The highest BCUT2D eigenvalue weighted by Gasteiger charge is 2.16. The molecule has 1 aromatic carbocycles. The fourth-order valence-electron chi connectivity index (χ4n) is 2.89. The molecule has 0 fully saturated rings. The van der Waals surface area contributed by atoms with Gasteiger partial charge in [-0.2, -0.15) is 0 Å². The smallest absolute Gasteiger partial charge is 0.412 e. The maximum Gasteiger partial charge on any atom is 0.412 e. The number of carbonyl (C=O) groups excluding carboxylic acids is 1. The monoisotopic (exact) mass is 543 g/mol. The molecule has 0 aliphatic heterocycles. The predicted octanol–water partition coefficient (Wildman–Crippen LogP) is 4.21. The van der Waals surface area contributed by atoms with Crippen molar-refractivity contribution in [1.29, 1.82) is 0 Å². The summed E-state index contributed by atoms with van der Waals surface area (Å²) in [5.74, 6) is 1.62. The summed E-state index contributed by atoms with van der Waals surface area (Å²) in [6, 6.07) is 7.72. The number of hydrogen-bond acceptors (Lipinski definition) is 5. The zero-order valence-electron chi connectivity index (χ0n) is 19.2. The molecule has 1 aromatic heterocycles. The van der Waals surface area contributed by atoms with Gasteiger partial charge in [-0.15, -0.1) is 24.0 Å². The summed E-state index contributed by atoms with van der Waals surface area (Å²) in [5.41, 5.74) is 3.41. The molecule has 0 saturated heterocycles. The van der Waals surface area contributed by atoms with Crippen molar-refractivity contribution in [3.05, 3.63) is 46.8 Å². The Morgan fingerprint density at radius 3 is 2.23 bits per heavy atom. The number of benzene rings is 1. The summed E-state index contributed by atoms with van der Waals surface area (Å²) < 4.78 is 10.4. The number of ether oxygens (including phenoxy) is 1. The van der Waals surface area contributed by atoms with Crippen LogP contribution in [0.3, 0.4) is 0 Å². The first-order chi connectivity index (χ1) is 14.2. The van der Waals surface area contributed by atoms with Crippen molar-refractivity contribution in [1.82, 2.24) is 15.8 Å². The van der Waals surface area contributed by atoms with Crippen molar-refractivity contribution in [2.75, 3.05) is 25.5 Å². The van der Waals surface area contributed by atoms with Crippen LogP contribution in [0.5, 0.6) is 0 Å². The van der Waals surface area contributed by atoms with Crippen molar-refractivity contribution in [3.63, 3.8) is 0 Å². The normalized spacial score (nSPS) is 11.5. The van der Waals surface area contributed by atoms with Crippen molar-refractivity contribution in [3.8, 4) is 0 Å². The van der Waals surface area contributed by atoms with Crippen molar-refractivity contribution >= 4 is 41.7 Å². The summed E-state index contributed by atoms with van der Waals surface area (Å²) in [6.07, 6.45) is 1.20. The van der Waals surface area contributed by atoms with Crippen LogP contribution in [0.2, 0.25) is 0 Å². The molecule has 0 saturated carbocycles. The highest BCUT2D eigenvalue weighted by atomic mass is 127. The Balaban J connectivity index is 0.00000480. The molecule has 2 aromatic rings. The van der Waals surface area contributed by atoms with E-state index in [2.05, 4.69) is 26.1 Å². The SMILES string of the molecule is CN=C(NCCc1ccc(NC(=O)OC(C)(C)C)cc1)NCCc1c(C)noc1C.I. The van der Waals surface area contributed by atoms with Gasteiger partial charge < -0.3 is 19.9 Å². The number of hydrogen-bond donors (Lipinski definition) is 3. The molecule has 3 N–H and O–H groups in total. The van der Waals surface area contributed by atoms with Gasteiger partial charge in [0.1, 0.15) is 11.4 Å². The minimum absolute atomic E-state index is 0. The quantitative estimate of drug-likeness (QED) is 0.275. The molecule has 31 heavy (non-hydrogen) atoms. The average molecular weight is 543 g/mol. The van der Waals surface area contributed by atoms with Crippen LogP contribution >= 0.6 is 24.0 Å². The van der Waals surface area contributed by atoms with Crippen LogP contribution in [0.15, 0.2) is 33.8 Å². The van der Waals surface area contributed by atoms with Crippen LogP contribution in [-0.4, -0.2) is 42.9 Å². The highest BCUT2D eigenvalue weighted by molar-refractivity contribution is 14.0. The molecule has 1 heterocycles. The standard InChI is InChI=1S/C22H33N5O3.HI/c1-15-19(16(2)30-27-15)12-14-25-20(23-6)24-13-11-17-7-9-18(10-8-17)26-21(28)29-22(3,4)5;/h7-10H,11-14H2,1-6H3,(H,26,28)(H2,23,24,25);1H. The van der Waals surface area contributed by atoms with Gasteiger partial charge in [0, 0.05) is 31.4 Å². The molecule has 0 atom stereocenters. The molecule has 0 unspecified atom stereocenters. The van der Waals surface area contributed by atoms with Gasteiger partial charge >= 0.3 is 6.09 Å². The summed E-state index contributed by atoms with van der Waals surface area (Å²) >= 11 is 0. The van der Waals surface area contributed by atoms with Crippen LogP contribution in [0.4, 0.5) is 10.5 Å². The maximum atomic E-state index is 11.8. The fourth-order valence-corrected chi connectivity index (χ4v) is 2.89. The molecule has 0 radical (unpaired) electrons. The lowest BCUT2D eigenvalue weighted by Crippen LogP contribution is -2.39. The van der Waals surface area contributed by atoms with E-state index in [9.17, 15) is 4.79 Å². The number of guanidine groups is 1. The van der Waals surface area contributed by atoms with E-state index in [4.69, 9.17) is 9.26 Å². The van der Waals surface area contributed by atoms with Gasteiger partial charge in [0.15, 0.2) is 5.96 Å². The Kier molecular flexibility index (Phi) is 10.8. The first-order valence-electron chi connectivity index (χ1n) is 10.1. The lowest BCUT2D eigenvalue weighted by atomic mass is 10.1. The van der Waals surface area contributed by atoms with Crippen LogP contribution in [0.25, 0.3) is 0 Å². The van der Waals surface area contributed by atoms with Crippen molar-refractivity contribution in [2.24, 2.45) is 4.99 Å². The molecule has 0 bridgehead atoms. The number of aryl methyl sites for hydroxylation is 2. The molecule has 0 aliphatic carbocycles. The molecule has 2 rings (SSSR count). The number of nitrogens with one attached hydrogen (secondary N) is 3. The largest absolute Gasteiger partial charge is 0.444 e. The van der Waals surface area contributed by atoms with E-state index < -0.39 is 11.7 Å². The van der Waals surface area contributed by atoms with Gasteiger partial charge in [-0.05, 0) is 65.2 Å². The highest BCUT2D eigenvalue weighted by Crippen LogP contribution is 2.13. The molecule has 0 aliphatic rings. The van der Waals surface area contributed by atoms with Crippen LogP contribution in [-0.2, 0) is 17.6 Å². The number of aromatic nitrogens is 1. The topological polar surface area (TPSA) is 101 Å². The minimum atomic E-state index is -0.519. The summed E-state index contributed by atoms with van der Waals surface area (Å²) in [5, 5.41) is 13.3. The Labute approximate surface area is 201 Å². The maximum absolute atomic E-state index is 11.8. The molecule has 0 spiro atoms. The Hall–Kier alpha value is -2.30.